The zero-order valence-corrected chi connectivity index (χ0v) is 12.7. The van der Waals surface area contributed by atoms with Gasteiger partial charge in [-0.15, -0.1) is 12.3 Å². The Labute approximate surface area is 117 Å². The maximum Gasteiger partial charge on any atom is 0.242 e. The molecule has 17 heavy (non-hydrogen) atoms. The van der Waals surface area contributed by atoms with E-state index in [2.05, 4.69) is 42.5 Å². The molecule has 0 spiro atoms. The SMILES string of the molecule is C#CCCNS(=O)(=O)c1c(Br)cc(N)cc1Br. The number of halogens is 2. The lowest BCUT2D eigenvalue weighted by atomic mass is 10.3. The third kappa shape index (κ3) is 3.71. The minimum absolute atomic E-state index is 0.115. The molecule has 0 radical (unpaired) electrons. The third-order valence-corrected chi connectivity index (χ3v) is 5.19. The molecule has 0 aliphatic heterocycles. The summed E-state index contributed by atoms with van der Waals surface area (Å²) >= 11 is 6.35. The fraction of sp³-hybridized carbons (Fsp3) is 0.200. The summed E-state index contributed by atoms with van der Waals surface area (Å²) in [6.45, 7) is 0.197. The molecule has 0 bridgehead atoms. The van der Waals surface area contributed by atoms with Gasteiger partial charge in [0.1, 0.15) is 4.90 Å². The summed E-state index contributed by atoms with van der Waals surface area (Å²) in [5, 5.41) is 0. The number of benzene rings is 1. The van der Waals surface area contributed by atoms with Gasteiger partial charge in [0.15, 0.2) is 0 Å². The number of rotatable bonds is 4. The van der Waals surface area contributed by atoms with Gasteiger partial charge in [-0.1, -0.05) is 0 Å². The highest BCUT2D eigenvalue weighted by Gasteiger charge is 2.20. The Balaban J connectivity index is 3.12. The first-order valence-electron chi connectivity index (χ1n) is 4.56. The second-order valence-corrected chi connectivity index (χ2v) is 6.58. The summed E-state index contributed by atoms with van der Waals surface area (Å²) in [6.07, 6.45) is 5.39. The minimum Gasteiger partial charge on any atom is -0.399 e. The molecule has 0 aromatic heterocycles. The number of nitrogens with two attached hydrogens (primary N) is 1. The van der Waals surface area contributed by atoms with Crippen LogP contribution in [-0.4, -0.2) is 15.0 Å². The Bertz CT molecular complexity index is 541. The van der Waals surface area contributed by atoms with Crippen LogP contribution >= 0.6 is 31.9 Å². The molecule has 0 aliphatic carbocycles. The van der Waals surface area contributed by atoms with Crippen LogP contribution in [0.4, 0.5) is 5.69 Å². The van der Waals surface area contributed by atoms with Crippen molar-refractivity contribution in [1.82, 2.24) is 4.72 Å². The Morgan fingerprint density at radius 2 is 1.88 bits per heavy atom. The molecule has 0 fully saturated rings. The molecule has 0 saturated heterocycles. The summed E-state index contributed by atoms with van der Waals surface area (Å²) in [7, 11) is -3.61. The van der Waals surface area contributed by atoms with E-state index in [-0.39, 0.29) is 11.4 Å². The second kappa shape index (κ2) is 5.87. The van der Waals surface area contributed by atoms with Crippen molar-refractivity contribution >= 4 is 47.6 Å². The monoisotopic (exact) mass is 380 g/mol. The van der Waals surface area contributed by atoms with Gasteiger partial charge in [-0.3, -0.25) is 0 Å². The van der Waals surface area contributed by atoms with Gasteiger partial charge in [-0.25, -0.2) is 13.1 Å². The molecule has 0 unspecified atom stereocenters. The molecule has 0 saturated carbocycles. The molecule has 3 N–H and O–H groups in total. The van der Waals surface area contributed by atoms with Gasteiger partial charge in [-0.2, -0.15) is 0 Å². The van der Waals surface area contributed by atoms with Crippen LogP contribution in [0.5, 0.6) is 0 Å². The van der Waals surface area contributed by atoms with E-state index in [9.17, 15) is 8.42 Å². The minimum atomic E-state index is -3.61. The maximum absolute atomic E-state index is 12.0. The van der Waals surface area contributed by atoms with Gasteiger partial charge in [0.25, 0.3) is 0 Å². The highest BCUT2D eigenvalue weighted by atomic mass is 79.9. The lowest BCUT2D eigenvalue weighted by Crippen LogP contribution is -2.25. The van der Waals surface area contributed by atoms with Gasteiger partial charge in [0, 0.05) is 27.6 Å². The van der Waals surface area contributed by atoms with Gasteiger partial charge < -0.3 is 5.73 Å². The predicted molar refractivity (Wildman–Crippen MR) is 74.9 cm³/mol. The number of nitrogen functional groups attached to an aromatic ring is 1. The van der Waals surface area contributed by atoms with Crippen molar-refractivity contribution in [1.29, 1.82) is 0 Å². The summed E-state index contributed by atoms with van der Waals surface area (Å²) < 4.78 is 27.2. The quantitative estimate of drug-likeness (QED) is 0.476. The van der Waals surface area contributed by atoms with Crippen LogP contribution in [0.15, 0.2) is 26.0 Å². The Hall–Kier alpha value is -0.550. The third-order valence-electron chi connectivity index (χ3n) is 1.85. The smallest absolute Gasteiger partial charge is 0.242 e. The van der Waals surface area contributed by atoms with Gasteiger partial charge in [0.05, 0.1) is 0 Å². The predicted octanol–water partition coefficient (Wildman–Crippen LogP) is 2.10. The van der Waals surface area contributed by atoms with Crippen LogP contribution in [0.1, 0.15) is 6.42 Å². The van der Waals surface area contributed by atoms with Crippen molar-refractivity contribution in [3.05, 3.63) is 21.1 Å². The molecule has 4 nitrogen and oxygen atoms in total. The molecular formula is C10H10Br2N2O2S. The first-order chi connectivity index (χ1) is 7.88. The first-order valence-corrected chi connectivity index (χ1v) is 7.63. The first kappa shape index (κ1) is 14.5. The average Bonchev–Trinajstić information content (AvgIpc) is 2.15. The van der Waals surface area contributed by atoms with E-state index in [0.717, 1.165) is 0 Å². The van der Waals surface area contributed by atoms with E-state index in [0.29, 0.717) is 21.1 Å². The van der Waals surface area contributed by atoms with Crippen molar-refractivity contribution < 1.29 is 8.42 Å². The Morgan fingerprint density at radius 1 is 1.35 bits per heavy atom. The van der Waals surface area contributed by atoms with Crippen LogP contribution in [0.2, 0.25) is 0 Å². The molecule has 1 aromatic carbocycles. The van der Waals surface area contributed by atoms with Crippen molar-refractivity contribution in [2.24, 2.45) is 0 Å². The summed E-state index contributed by atoms with van der Waals surface area (Å²) in [5.41, 5.74) is 6.06. The summed E-state index contributed by atoms with van der Waals surface area (Å²) in [4.78, 5) is 0.115. The molecule has 1 rings (SSSR count). The number of terminal acetylenes is 1. The van der Waals surface area contributed by atoms with Gasteiger partial charge in [0.2, 0.25) is 10.0 Å². The number of hydrogen-bond acceptors (Lipinski definition) is 3. The van der Waals surface area contributed by atoms with Crippen LogP contribution < -0.4 is 10.5 Å². The molecule has 0 amide bonds. The maximum atomic E-state index is 12.0. The van der Waals surface area contributed by atoms with E-state index in [1.165, 1.54) is 12.1 Å². The largest absolute Gasteiger partial charge is 0.399 e. The van der Waals surface area contributed by atoms with Crippen LogP contribution in [-0.2, 0) is 10.0 Å². The fourth-order valence-corrected chi connectivity index (χ4v) is 4.81. The number of hydrogen-bond donors (Lipinski definition) is 2. The summed E-state index contributed by atoms with van der Waals surface area (Å²) in [5.74, 6) is 2.36. The van der Waals surface area contributed by atoms with Crippen molar-refractivity contribution in [2.45, 2.75) is 11.3 Å². The average molecular weight is 382 g/mol. The summed E-state index contributed by atoms with van der Waals surface area (Å²) in [6, 6.07) is 3.06. The van der Waals surface area contributed by atoms with Gasteiger partial charge in [-0.05, 0) is 44.0 Å². The second-order valence-electron chi connectivity index (χ2n) is 3.17. The van der Waals surface area contributed by atoms with Crippen LogP contribution in [0.25, 0.3) is 0 Å². The van der Waals surface area contributed by atoms with Crippen molar-refractivity contribution in [2.75, 3.05) is 12.3 Å². The topological polar surface area (TPSA) is 72.2 Å². The molecule has 7 heteroatoms. The fourth-order valence-electron chi connectivity index (χ4n) is 1.17. The Morgan fingerprint density at radius 3 is 2.35 bits per heavy atom. The zero-order chi connectivity index (χ0) is 13.1. The van der Waals surface area contributed by atoms with Crippen LogP contribution in [0.3, 0.4) is 0 Å². The van der Waals surface area contributed by atoms with Crippen molar-refractivity contribution in [3.8, 4) is 12.3 Å². The van der Waals surface area contributed by atoms with E-state index >= 15 is 0 Å². The molecule has 1 aromatic rings. The van der Waals surface area contributed by atoms with Gasteiger partial charge >= 0.3 is 0 Å². The number of nitrogens with one attached hydrogen (secondary N) is 1. The molecule has 0 heterocycles. The van der Waals surface area contributed by atoms with E-state index in [1.807, 2.05) is 0 Å². The van der Waals surface area contributed by atoms with E-state index in [1.54, 1.807) is 0 Å². The molecule has 0 atom stereocenters. The highest BCUT2D eigenvalue weighted by Crippen LogP contribution is 2.32. The molecule has 92 valence electrons. The number of anilines is 1. The lowest BCUT2D eigenvalue weighted by molar-refractivity contribution is 0.581. The molecule has 0 aliphatic rings. The highest BCUT2D eigenvalue weighted by molar-refractivity contribution is 9.11. The standard InChI is InChI=1S/C10H10Br2N2O2S/c1-2-3-4-14-17(15,16)10-8(11)5-7(13)6-9(10)12/h1,5-6,14H,3-4,13H2. The number of sulfonamides is 1. The van der Waals surface area contributed by atoms with Crippen LogP contribution in [0, 0.1) is 12.3 Å². The Kier molecular flexibility index (Phi) is 5.01. The van der Waals surface area contributed by atoms with E-state index in [4.69, 9.17) is 12.2 Å². The van der Waals surface area contributed by atoms with Crippen molar-refractivity contribution in [3.63, 3.8) is 0 Å². The normalized spacial score (nSPS) is 11.1. The van der Waals surface area contributed by atoms with E-state index < -0.39 is 10.0 Å². The zero-order valence-electron chi connectivity index (χ0n) is 8.70. The lowest BCUT2D eigenvalue weighted by Gasteiger charge is -2.10. The molecular weight excluding hydrogens is 372 g/mol.